The summed E-state index contributed by atoms with van der Waals surface area (Å²) in [4.78, 5) is 0. The molecular formula is C15H26Cl2Si. The summed E-state index contributed by atoms with van der Waals surface area (Å²) < 4.78 is 0. The summed E-state index contributed by atoms with van der Waals surface area (Å²) in [7, 11) is -1.19. The van der Waals surface area contributed by atoms with Crippen LogP contribution in [0.2, 0.25) is 6.55 Å². The van der Waals surface area contributed by atoms with Crippen molar-refractivity contribution in [3.05, 3.63) is 23.3 Å². The van der Waals surface area contributed by atoms with Crippen LogP contribution in [0, 0.1) is 0 Å². The van der Waals surface area contributed by atoms with Crippen LogP contribution in [0.3, 0.4) is 0 Å². The fourth-order valence-corrected chi connectivity index (χ4v) is 2.61. The van der Waals surface area contributed by atoms with E-state index in [4.69, 9.17) is 22.2 Å². The molecule has 2 aliphatic rings. The van der Waals surface area contributed by atoms with Crippen molar-refractivity contribution in [2.75, 3.05) is 0 Å². The molecule has 104 valence electrons. The fourth-order valence-electron chi connectivity index (χ4n) is 2.61. The second kappa shape index (κ2) is 10.1. The number of hydrogen-bond donors (Lipinski definition) is 0. The van der Waals surface area contributed by atoms with Crippen molar-refractivity contribution >= 4 is 29.6 Å². The third-order valence-electron chi connectivity index (χ3n) is 3.49. The van der Waals surface area contributed by atoms with Gasteiger partial charge in [-0.25, -0.2) is 0 Å². The second-order valence-corrected chi connectivity index (χ2v) is 10.8. The van der Waals surface area contributed by atoms with Crippen LogP contribution in [0.15, 0.2) is 23.3 Å². The van der Waals surface area contributed by atoms with Gasteiger partial charge in [-0.05, 0) is 69.1 Å². The normalized spacial score (nSPS) is 21.1. The Hall–Kier alpha value is 0.277. The van der Waals surface area contributed by atoms with E-state index >= 15 is 0 Å². The zero-order chi connectivity index (χ0) is 13.2. The summed E-state index contributed by atoms with van der Waals surface area (Å²) in [5, 5.41) is 0. The lowest BCUT2D eigenvalue weighted by Crippen LogP contribution is -1.89. The van der Waals surface area contributed by atoms with Gasteiger partial charge in [0.15, 0.2) is 0 Å². The second-order valence-electron chi connectivity index (χ2n) is 5.18. The van der Waals surface area contributed by atoms with Crippen LogP contribution in [0.5, 0.6) is 0 Å². The van der Waals surface area contributed by atoms with Crippen LogP contribution in [0.25, 0.3) is 0 Å². The summed E-state index contributed by atoms with van der Waals surface area (Å²) >= 11 is 10.4. The van der Waals surface area contributed by atoms with E-state index < -0.39 is 7.42 Å². The largest absolute Gasteiger partial charge is 0.234 e. The molecule has 0 unspecified atom stereocenters. The molecule has 3 heteroatoms. The van der Waals surface area contributed by atoms with Crippen molar-refractivity contribution in [3.8, 4) is 0 Å². The van der Waals surface area contributed by atoms with E-state index in [1.807, 2.05) is 6.55 Å². The average molecular weight is 305 g/mol. The van der Waals surface area contributed by atoms with Gasteiger partial charge in [0.1, 0.15) is 0 Å². The molecule has 2 rings (SSSR count). The maximum atomic E-state index is 5.18. The van der Waals surface area contributed by atoms with Gasteiger partial charge in [-0.3, -0.25) is 0 Å². The van der Waals surface area contributed by atoms with Crippen LogP contribution >= 0.6 is 22.2 Å². The first kappa shape index (κ1) is 16.3. The van der Waals surface area contributed by atoms with Gasteiger partial charge in [-0.1, -0.05) is 25.0 Å². The molecule has 0 amide bonds. The molecule has 0 N–H and O–H groups in total. The Morgan fingerprint density at radius 3 is 1.56 bits per heavy atom. The molecule has 0 aromatic heterocycles. The molecule has 2 aliphatic carbocycles. The highest BCUT2D eigenvalue weighted by atomic mass is 35.7. The van der Waals surface area contributed by atoms with Gasteiger partial charge in [0.25, 0.3) is 0 Å². The van der Waals surface area contributed by atoms with Crippen molar-refractivity contribution < 1.29 is 0 Å². The summed E-state index contributed by atoms with van der Waals surface area (Å²) in [6.45, 7) is 1.84. The zero-order valence-corrected chi connectivity index (χ0v) is 14.2. The lowest BCUT2D eigenvalue weighted by Gasteiger charge is -2.09. The van der Waals surface area contributed by atoms with Gasteiger partial charge in [0.2, 0.25) is 7.42 Å². The van der Waals surface area contributed by atoms with Crippen LogP contribution in [0.1, 0.15) is 64.2 Å². The third kappa shape index (κ3) is 7.65. The van der Waals surface area contributed by atoms with E-state index in [0.29, 0.717) is 0 Å². The highest BCUT2D eigenvalue weighted by molar-refractivity contribution is 7.33. The first-order valence-corrected chi connectivity index (χ1v) is 12.0. The smallest absolute Gasteiger partial charge is 0.151 e. The van der Waals surface area contributed by atoms with Crippen molar-refractivity contribution in [1.29, 1.82) is 0 Å². The maximum absolute atomic E-state index is 5.18. The first-order chi connectivity index (χ1) is 8.70. The van der Waals surface area contributed by atoms with Gasteiger partial charge in [-0.15, -0.1) is 0 Å². The molecule has 0 aliphatic heterocycles. The Labute approximate surface area is 123 Å². The highest BCUT2D eigenvalue weighted by Crippen LogP contribution is 2.29. The Kier molecular flexibility index (Phi) is 9.17. The minimum atomic E-state index is -1.19. The number of halogens is 2. The summed E-state index contributed by atoms with van der Waals surface area (Å²) in [5.74, 6) is 0. The Balaban J connectivity index is 0.000000357. The van der Waals surface area contributed by atoms with E-state index in [1.54, 1.807) is 11.1 Å². The zero-order valence-electron chi connectivity index (χ0n) is 11.6. The predicted octanol–water partition coefficient (Wildman–Crippen LogP) is 6.08. The molecule has 18 heavy (non-hydrogen) atoms. The Morgan fingerprint density at radius 1 is 0.778 bits per heavy atom. The van der Waals surface area contributed by atoms with Gasteiger partial charge in [0, 0.05) is 0 Å². The Bertz CT molecular complexity index is 253. The summed E-state index contributed by atoms with van der Waals surface area (Å²) in [5.41, 5.74) is 3.40. The van der Waals surface area contributed by atoms with Gasteiger partial charge in [0.05, 0.1) is 0 Å². The van der Waals surface area contributed by atoms with Crippen LogP contribution < -0.4 is 0 Å². The molecule has 0 aromatic rings. The fraction of sp³-hybridized carbons (Fsp3) is 0.733. The topological polar surface area (TPSA) is 0 Å². The molecular weight excluding hydrogens is 279 g/mol. The third-order valence-corrected chi connectivity index (χ3v) is 3.49. The molecule has 0 atom stereocenters. The molecule has 0 fully saturated rings. The quantitative estimate of drug-likeness (QED) is 0.407. The van der Waals surface area contributed by atoms with Gasteiger partial charge >= 0.3 is 0 Å². The van der Waals surface area contributed by atoms with Crippen LogP contribution in [0.4, 0.5) is 0 Å². The Morgan fingerprint density at radius 2 is 1.17 bits per heavy atom. The van der Waals surface area contributed by atoms with Crippen molar-refractivity contribution in [3.63, 3.8) is 0 Å². The van der Waals surface area contributed by atoms with Crippen molar-refractivity contribution in [2.45, 2.75) is 70.8 Å². The minimum absolute atomic E-state index is 1.19. The summed E-state index contributed by atoms with van der Waals surface area (Å²) in [6, 6.07) is 0. The van der Waals surface area contributed by atoms with E-state index in [2.05, 4.69) is 12.2 Å². The lowest BCUT2D eigenvalue weighted by atomic mass is 9.97. The lowest BCUT2D eigenvalue weighted by molar-refractivity contribution is 0.699. The highest BCUT2D eigenvalue weighted by Gasteiger charge is 2.09. The summed E-state index contributed by atoms with van der Waals surface area (Å²) in [6.07, 6.45) is 18.9. The van der Waals surface area contributed by atoms with Gasteiger partial charge < -0.3 is 0 Å². The number of allylic oxidation sites excluding steroid dienone is 4. The molecule has 0 radical (unpaired) electrons. The van der Waals surface area contributed by atoms with Gasteiger partial charge in [-0.2, -0.15) is 22.2 Å². The van der Waals surface area contributed by atoms with Crippen molar-refractivity contribution in [2.24, 2.45) is 0 Å². The molecule has 0 saturated carbocycles. The number of hydrogen-bond acceptors (Lipinski definition) is 0. The molecule has 0 nitrogen and oxygen atoms in total. The maximum Gasteiger partial charge on any atom is 0.234 e. The van der Waals surface area contributed by atoms with E-state index in [0.717, 1.165) is 0 Å². The molecule has 0 aromatic carbocycles. The van der Waals surface area contributed by atoms with E-state index in [9.17, 15) is 0 Å². The van der Waals surface area contributed by atoms with E-state index in [1.165, 1.54) is 64.2 Å². The van der Waals surface area contributed by atoms with E-state index in [-0.39, 0.29) is 0 Å². The van der Waals surface area contributed by atoms with Crippen LogP contribution in [-0.2, 0) is 0 Å². The van der Waals surface area contributed by atoms with Crippen molar-refractivity contribution in [1.82, 2.24) is 0 Å². The molecule has 0 bridgehead atoms. The SMILES string of the molecule is C1=C(C2=CCCCCC2)CCCCC1.C[SiH](Cl)Cl. The molecule has 0 spiro atoms. The number of rotatable bonds is 1. The predicted molar refractivity (Wildman–Crippen MR) is 87.1 cm³/mol. The first-order valence-electron chi connectivity index (χ1n) is 7.36. The molecule has 0 heterocycles. The molecule has 0 saturated heterocycles. The average Bonchev–Trinajstić information content (AvgIpc) is 2.73. The minimum Gasteiger partial charge on any atom is -0.151 e. The monoisotopic (exact) mass is 304 g/mol. The van der Waals surface area contributed by atoms with Crippen LogP contribution in [-0.4, -0.2) is 7.42 Å². The standard InChI is InChI=1S/C14H22.CH4Cl2Si/c1-2-6-10-13(9-5-1)14-11-7-3-4-8-12-14;1-4(2)3/h9,11H,1-8,10,12H2;4H,1H3.